The third kappa shape index (κ3) is 8.56. The maximum absolute atomic E-state index is 14.8. The largest absolute Gasteiger partial charge is 0.206 e. The SMILES string of the molecule is Cc1ccc(-c2ccc(-c3ccc(-c4ccc(C)cc4)c(F)c3)c(F)c2)cc1.Cc1ccc(-c2ccc(-c3ccc(-c4ccc(C)cc4)c(F)c3)c(F)c2)cc1. The first-order chi connectivity index (χ1) is 27.0. The predicted octanol–water partition coefficient (Wildman–Crippen LogP) is 15.2. The van der Waals surface area contributed by atoms with Crippen molar-refractivity contribution in [2.75, 3.05) is 0 Å². The molecule has 0 saturated carbocycles. The van der Waals surface area contributed by atoms with Crippen LogP contribution >= 0.6 is 0 Å². The van der Waals surface area contributed by atoms with Crippen molar-refractivity contribution in [3.63, 3.8) is 0 Å². The lowest BCUT2D eigenvalue weighted by Crippen LogP contribution is -1.90. The minimum atomic E-state index is -0.361. The van der Waals surface area contributed by atoms with Crippen molar-refractivity contribution in [1.29, 1.82) is 0 Å². The summed E-state index contributed by atoms with van der Waals surface area (Å²) in [6, 6.07) is 51.2. The van der Waals surface area contributed by atoms with Crippen LogP contribution < -0.4 is 0 Å². The smallest absolute Gasteiger partial charge is 0.131 e. The Balaban J connectivity index is 0.000000172. The molecular formula is C52H40F4. The Morgan fingerprint density at radius 3 is 0.679 bits per heavy atom. The predicted molar refractivity (Wildman–Crippen MR) is 224 cm³/mol. The number of aryl methyl sites for hydroxylation is 4. The Morgan fingerprint density at radius 1 is 0.214 bits per heavy atom. The second kappa shape index (κ2) is 16.5. The quantitative estimate of drug-likeness (QED) is 0.149. The summed E-state index contributed by atoms with van der Waals surface area (Å²) in [6.07, 6.45) is 0. The second-order valence-corrected chi connectivity index (χ2v) is 14.2. The molecule has 276 valence electrons. The summed E-state index contributed by atoms with van der Waals surface area (Å²) in [5, 5.41) is 0. The molecule has 0 aliphatic heterocycles. The first-order valence-electron chi connectivity index (χ1n) is 18.5. The Hall–Kier alpha value is -6.52. The molecule has 0 atom stereocenters. The number of hydrogen-bond acceptors (Lipinski definition) is 0. The van der Waals surface area contributed by atoms with Crippen LogP contribution in [0.4, 0.5) is 17.6 Å². The van der Waals surface area contributed by atoms with Gasteiger partial charge in [0.2, 0.25) is 0 Å². The summed E-state index contributed by atoms with van der Waals surface area (Å²) in [6.45, 7) is 8.02. The van der Waals surface area contributed by atoms with Gasteiger partial charge in [0.15, 0.2) is 0 Å². The highest BCUT2D eigenvalue weighted by molar-refractivity contribution is 5.76. The minimum Gasteiger partial charge on any atom is -0.206 e. The van der Waals surface area contributed by atoms with E-state index in [4.69, 9.17) is 0 Å². The van der Waals surface area contributed by atoms with Gasteiger partial charge in [-0.2, -0.15) is 0 Å². The standard InChI is InChI=1S/2C26H20F2/c2*1-17-3-7-19(8-4-17)21-11-13-24(25(27)15-21)22-12-14-23(26(28)16-22)20-9-5-18(2)6-10-20/h2*3-16H,1-2H3. The van der Waals surface area contributed by atoms with E-state index in [1.54, 1.807) is 36.4 Å². The Kier molecular flexibility index (Phi) is 11.1. The van der Waals surface area contributed by atoms with E-state index >= 15 is 0 Å². The summed E-state index contributed by atoms with van der Waals surface area (Å²) in [5.74, 6) is -1.44. The number of rotatable bonds is 6. The average Bonchev–Trinajstić information content (AvgIpc) is 3.19. The molecule has 0 N–H and O–H groups in total. The maximum Gasteiger partial charge on any atom is 0.131 e. The molecular weight excluding hydrogens is 701 g/mol. The van der Waals surface area contributed by atoms with Gasteiger partial charge < -0.3 is 0 Å². The van der Waals surface area contributed by atoms with Crippen molar-refractivity contribution in [1.82, 2.24) is 0 Å². The van der Waals surface area contributed by atoms with Crippen LogP contribution in [0.2, 0.25) is 0 Å². The van der Waals surface area contributed by atoms with Crippen molar-refractivity contribution >= 4 is 0 Å². The van der Waals surface area contributed by atoms with Gasteiger partial charge in [0.05, 0.1) is 0 Å². The lowest BCUT2D eigenvalue weighted by Gasteiger charge is -2.10. The highest BCUT2D eigenvalue weighted by Gasteiger charge is 2.13. The van der Waals surface area contributed by atoms with Crippen LogP contribution in [0.15, 0.2) is 170 Å². The molecule has 0 nitrogen and oxygen atoms in total. The molecule has 56 heavy (non-hydrogen) atoms. The summed E-state index contributed by atoms with van der Waals surface area (Å²) in [7, 11) is 0. The fraction of sp³-hybridized carbons (Fsp3) is 0.0769. The van der Waals surface area contributed by atoms with E-state index in [0.29, 0.717) is 33.4 Å². The molecule has 0 aliphatic rings. The van der Waals surface area contributed by atoms with Crippen LogP contribution in [0.25, 0.3) is 66.8 Å². The minimum absolute atomic E-state index is 0.358. The molecule has 0 spiro atoms. The molecule has 8 rings (SSSR count). The average molecular weight is 741 g/mol. The monoisotopic (exact) mass is 740 g/mol. The van der Waals surface area contributed by atoms with E-state index in [0.717, 1.165) is 55.6 Å². The van der Waals surface area contributed by atoms with Gasteiger partial charge in [-0.1, -0.05) is 168 Å². The van der Waals surface area contributed by atoms with Crippen LogP contribution in [0, 0.1) is 51.0 Å². The van der Waals surface area contributed by atoms with Gasteiger partial charge in [0, 0.05) is 22.3 Å². The number of benzene rings is 8. The third-order valence-corrected chi connectivity index (χ3v) is 9.99. The van der Waals surface area contributed by atoms with Crippen molar-refractivity contribution in [3.8, 4) is 66.8 Å². The molecule has 4 heteroatoms. The molecule has 0 aliphatic carbocycles. The van der Waals surface area contributed by atoms with E-state index in [9.17, 15) is 17.6 Å². The van der Waals surface area contributed by atoms with Gasteiger partial charge >= 0.3 is 0 Å². The maximum atomic E-state index is 14.8. The molecule has 0 unspecified atom stereocenters. The molecule has 0 fully saturated rings. The zero-order valence-electron chi connectivity index (χ0n) is 31.7. The van der Waals surface area contributed by atoms with E-state index in [1.165, 1.54) is 24.3 Å². The third-order valence-electron chi connectivity index (χ3n) is 9.99. The van der Waals surface area contributed by atoms with Gasteiger partial charge in [0.25, 0.3) is 0 Å². The fourth-order valence-electron chi connectivity index (χ4n) is 6.65. The lowest BCUT2D eigenvalue weighted by atomic mass is 9.96. The first-order valence-corrected chi connectivity index (χ1v) is 18.5. The fourth-order valence-corrected chi connectivity index (χ4v) is 6.65. The Morgan fingerprint density at radius 2 is 0.411 bits per heavy atom. The normalized spacial score (nSPS) is 10.9. The van der Waals surface area contributed by atoms with Crippen molar-refractivity contribution in [3.05, 3.63) is 215 Å². The Labute approximate surface area is 326 Å². The van der Waals surface area contributed by atoms with Gasteiger partial charge in [-0.15, -0.1) is 0 Å². The molecule has 8 aromatic rings. The summed E-state index contributed by atoms with van der Waals surface area (Å²) in [4.78, 5) is 0. The molecule has 0 radical (unpaired) electrons. The summed E-state index contributed by atoms with van der Waals surface area (Å²) in [5.41, 5.74) is 12.6. The van der Waals surface area contributed by atoms with Crippen LogP contribution in [0.1, 0.15) is 22.3 Å². The zero-order valence-corrected chi connectivity index (χ0v) is 31.7. The summed E-state index contributed by atoms with van der Waals surface area (Å²) < 4.78 is 59.0. The van der Waals surface area contributed by atoms with Crippen LogP contribution in [0.3, 0.4) is 0 Å². The van der Waals surface area contributed by atoms with Gasteiger partial charge in [-0.3, -0.25) is 0 Å². The van der Waals surface area contributed by atoms with Gasteiger partial charge in [0.1, 0.15) is 23.3 Å². The van der Waals surface area contributed by atoms with Crippen LogP contribution in [-0.4, -0.2) is 0 Å². The van der Waals surface area contributed by atoms with E-state index in [2.05, 4.69) is 0 Å². The Bertz CT molecular complexity index is 2430. The molecule has 0 amide bonds. The molecule has 0 saturated heterocycles. The van der Waals surface area contributed by atoms with Gasteiger partial charge in [-0.25, -0.2) is 17.6 Å². The summed E-state index contributed by atoms with van der Waals surface area (Å²) >= 11 is 0. The van der Waals surface area contributed by atoms with Crippen molar-refractivity contribution in [2.24, 2.45) is 0 Å². The highest BCUT2D eigenvalue weighted by atomic mass is 19.1. The highest BCUT2D eigenvalue weighted by Crippen LogP contribution is 2.34. The number of hydrogen-bond donors (Lipinski definition) is 0. The van der Waals surface area contributed by atoms with Crippen LogP contribution in [-0.2, 0) is 0 Å². The molecule has 0 heterocycles. The molecule has 0 bridgehead atoms. The second-order valence-electron chi connectivity index (χ2n) is 14.2. The first kappa shape index (κ1) is 37.8. The van der Waals surface area contributed by atoms with E-state index in [-0.39, 0.29) is 23.3 Å². The molecule has 0 aromatic heterocycles. The van der Waals surface area contributed by atoms with Crippen molar-refractivity contribution in [2.45, 2.75) is 27.7 Å². The van der Waals surface area contributed by atoms with E-state index < -0.39 is 0 Å². The lowest BCUT2D eigenvalue weighted by molar-refractivity contribution is 0.626. The molecule has 8 aromatic carbocycles. The zero-order chi connectivity index (χ0) is 39.3. The topological polar surface area (TPSA) is 0 Å². The van der Waals surface area contributed by atoms with Gasteiger partial charge in [-0.05, 0) is 96.5 Å². The van der Waals surface area contributed by atoms with Crippen molar-refractivity contribution < 1.29 is 17.6 Å². The number of halogens is 4. The van der Waals surface area contributed by atoms with E-state index in [1.807, 2.05) is 137 Å². The van der Waals surface area contributed by atoms with Crippen LogP contribution in [0.5, 0.6) is 0 Å².